The molecule has 1 aromatic heterocycles. The van der Waals surface area contributed by atoms with Crippen LogP contribution < -0.4 is 5.32 Å². The quantitative estimate of drug-likeness (QED) is 0.762. The van der Waals surface area contributed by atoms with Gasteiger partial charge in [-0.1, -0.05) is 18.2 Å². The second kappa shape index (κ2) is 5.05. The first-order chi connectivity index (χ1) is 9.74. The Morgan fingerprint density at radius 2 is 2.05 bits per heavy atom. The minimum Gasteiger partial charge on any atom is -0.478 e. The van der Waals surface area contributed by atoms with Crippen molar-refractivity contribution < 1.29 is 9.90 Å². The van der Waals surface area contributed by atoms with Crippen LogP contribution in [-0.4, -0.2) is 20.6 Å². The van der Waals surface area contributed by atoms with Gasteiger partial charge in [-0.2, -0.15) is 0 Å². The zero-order chi connectivity index (χ0) is 13.9. The third kappa shape index (κ3) is 2.33. The second-order valence-corrected chi connectivity index (χ2v) is 4.42. The van der Waals surface area contributed by atoms with Crippen LogP contribution in [0, 0.1) is 0 Å². The van der Waals surface area contributed by atoms with Crippen molar-refractivity contribution in [3.8, 4) is 0 Å². The molecule has 0 saturated heterocycles. The van der Waals surface area contributed by atoms with Crippen molar-refractivity contribution in [2.75, 3.05) is 5.32 Å². The molecule has 0 saturated carbocycles. The Kier molecular flexibility index (Phi) is 3.09. The van der Waals surface area contributed by atoms with Crippen LogP contribution in [-0.2, 0) is 6.67 Å². The molecule has 2 aromatic carbocycles. The second-order valence-electron chi connectivity index (χ2n) is 4.42. The number of para-hydroxylation sites is 2. The summed E-state index contributed by atoms with van der Waals surface area (Å²) < 4.78 is 1.97. The van der Waals surface area contributed by atoms with Crippen molar-refractivity contribution in [3.05, 3.63) is 60.4 Å². The van der Waals surface area contributed by atoms with Gasteiger partial charge in [-0.15, -0.1) is 0 Å². The normalized spacial score (nSPS) is 10.6. The molecule has 5 nitrogen and oxygen atoms in total. The molecule has 2 N–H and O–H groups in total. The van der Waals surface area contributed by atoms with Gasteiger partial charge in [0.15, 0.2) is 0 Å². The molecule has 0 unspecified atom stereocenters. The van der Waals surface area contributed by atoms with Gasteiger partial charge in [0.25, 0.3) is 0 Å². The van der Waals surface area contributed by atoms with Gasteiger partial charge in [-0.25, -0.2) is 9.78 Å². The zero-order valence-corrected chi connectivity index (χ0v) is 10.7. The number of aromatic nitrogens is 2. The minimum absolute atomic E-state index is 0.269. The number of rotatable bonds is 4. The number of hydrogen-bond acceptors (Lipinski definition) is 3. The van der Waals surface area contributed by atoms with E-state index in [0.717, 1.165) is 16.7 Å². The van der Waals surface area contributed by atoms with Crippen molar-refractivity contribution in [1.29, 1.82) is 0 Å². The summed E-state index contributed by atoms with van der Waals surface area (Å²) in [6.45, 7) is 0.531. The highest BCUT2D eigenvalue weighted by atomic mass is 16.4. The fourth-order valence-electron chi connectivity index (χ4n) is 2.07. The number of anilines is 1. The summed E-state index contributed by atoms with van der Waals surface area (Å²) in [5, 5.41) is 12.2. The zero-order valence-electron chi connectivity index (χ0n) is 10.7. The van der Waals surface area contributed by atoms with E-state index in [1.165, 1.54) is 0 Å². The number of carboxylic acid groups (broad SMARTS) is 1. The number of carbonyl (C=O) groups is 1. The smallest absolute Gasteiger partial charge is 0.335 e. The van der Waals surface area contributed by atoms with E-state index >= 15 is 0 Å². The lowest BCUT2D eigenvalue weighted by atomic mass is 10.2. The van der Waals surface area contributed by atoms with Crippen molar-refractivity contribution >= 4 is 22.7 Å². The molecule has 0 fully saturated rings. The first kappa shape index (κ1) is 12.2. The Bertz CT molecular complexity index is 764. The van der Waals surface area contributed by atoms with Crippen molar-refractivity contribution in [1.82, 2.24) is 9.55 Å². The van der Waals surface area contributed by atoms with Crippen LogP contribution in [0.3, 0.4) is 0 Å². The number of aromatic carboxylic acids is 1. The number of fused-ring (bicyclic) bond motifs is 1. The number of nitrogens with zero attached hydrogens (tertiary/aromatic N) is 2. The van der Waals surface area contributed by atoms with Crippen LogP contribution in [0.2, 0.25) is 0 Å². The topological polar surface area (TPSA) is 67.2 Å². The van der Waals surface area contributed by atoms with Gasteiger partial charge in [0.05, 0.1) is 29.6 Å². The summed E-state index contributed by atoms with van der Waals surface area (Å²) in [5.74, 6) is -0.929. The molecule has 20 heavy (non-hydrogen) atoms. The summed E-state index contributed by atoms with van der Waals surface area (Å²) in [6.07, 6.45) is 1.76. The van der Waals surface area contributed by atoms with E-state index in [9.17, 15) is 4.79 Å². The van der Waals surface area contributed by atoms with Gasteiger partial charge in [0, 0.05) is 5.69 Å². The molecule has 100 valence electrons. The Labute approximate surface area is 115 Å². The number of carboxylic acids is 1. The number of benzene rings is 2. The maximum atomic E-state index is 10.9. The van der Waals surface area contributed by atoms with Crippen LogP contribution in [0.5, 0.6) is 0 Å². The number of nitrogens with one attached hydrogen (secondary N) is 1. The van der Waals surface area contributed by atoms with Gasteiger partial charge in [0.1, 0.15) is 0 Å². The fourth-order valence-corrected chi connectivity index (χ4v) is 2.07. The Hall–Kier alpha value is -2.82. The highest BCUT2D eigenvalue weighted by molar-refractivity contribution is 5.88. The molecular formula is C15H13N3O2. The van der Waals surface area contributed by atoms with Gasteiger partial charge in [-0.3, -0.25) is 0 Å². The van der Waals surface area contributed by atoms with E-state index in [-0.39, 0.29) is 5.56 Å². The fraction of sp³-hybridized carbons (Fsp3) is 0.0667. The molecule has 0 aliphatic heterocycles. The number of hydrogen-bond donors (Lipinski definition) is 2. The predicted molar refractivity (Wildman–Crippen MR) is 76.8 cm³/mol. The van der Waals surface area contributed by atoms with Crippen LogP contribution >= 0.6 is 0 Å². The molecule has 3 rings (SSSR count). The highest BCUT2D eigenvalue weighted by Crippen LogP contribution is 2.14. The molecule has 0 aliphatic carbocycles. The summed E-state index contributed by atoms with van der Waals surface area (Å²) in [6, 6.07) is 14.6. The van der Waals surface area contributed by atoms with Gasteiger partial charge >= 0.3 is 5.97 Å². The van der Waals surface area contributed by atoms with E-state index < -0.39 is 5.97 Å². The highest BCUT2D eigenvalue weighted by Gasteiger charge is 2.04. The van der Waals surface area contributed by atoms with E-state index in [1.807, 2.05) is 34.9 Å². The minimum atomic E-state index is -0.929. The molecule has 1 heterocycles. The average molecular weight is 267 g/mol. The molecule has 0 aliphatic rings. The molecule has 0 spiro atoms. The van der Waals surface area contributed by atoms with Crippen molar-refractivity contribution in [2.45, 2.75) is 6.67 Å². The lowest BCUT2D eigenvalue weighted by molar-refractivity contribution is 0.0697. The Balaban J connectivity index is 1.79. The molecule has 3 aromatic rings. The van der Waals surface area contributed by atoms with E-state index in [2.05, 4.69) is 10.3 Å². The standard InChI is InChI=1S/C15H13N3O2/c19-15(20)11-4-3-5-12(8-11)16-9-18-10-17-13-6-1-2-7-14(13)18/h1-8,10,16H,9H2,(H,19,20). The lowest BCUT2D eigenvalue weighted by Crippen LogP contribution is -2.07. The van der Waals surface area contributed by atoms with Crippen LogP contribution in [0.1, 0.15) is 10.4 Å². The average Bonchev–Trinajstić information content (AvgIpc) is 2.89. The van der Waals surface area contributed by atoms with Crippen LogP contribution in [0.25, 0.3) is 11.0 Å². The van der Waals surface area contributed by atoms with Crippen molar-refractivity contribution in [3.63, 3.8) is 0 Å². The monoisotopic (exact) mass is 267 g/mol. The molecule has 0 atom stereocenters. The summed E-state index contributed by atoms with van der Waals surface area (Å²) in [4.78, 5) is 15.2. The number of imidazole rings is 1. The van der Waals surface area contributed by atoms with E-state index in [4.69, 9.17) is 5.11 Å². The van der Waals surface area contributed by atoms with Crippen LogP contribution in [0.4, 0.5) is 5.69 Å². The molecule has 0 amide bonds. The van der Waals surface area contributed by atoms with Gasteiger partial charge < -0.3 is 15.0 Å². The summed E-state index contributed by atoms with van der Waals surface area (Å²) in [5.41, 5.74) is 3.01. The largest absolute Gasteiger partial charge is 0.478 e. The Morgan fingerprint density at radius 1 is 1.20 bits per heavy atom. The summed E-state index contributed by atoms with van der Waals surface area (Å²) >= 11 is 0. The van der Waals surface area contributed by atoms with E-state index in [0.29, 0.717) is 6.67 Å². The van der Waals surface area contributed by atoms with Crippen molar-refractivity contribution in [2.24, 2.45) is 0 Å². The summed E-state index contributed by atoms with van der Waals surface area (Å²) in [7, 11) is 0. The third-order valence-electron chi connectivity index (χ3n) is 3.09. The van der Waals surface area contributed by atoms with Crippen LogP contribution in [0.15, 0.2) is 54.9 Å². The first-order valence-corrected chi connectivity index (χ1v) is 6.21. The van der Waals surface area contributed by atoms with Gasteiger partial charge in [0.2, 0.25) is 0 Å². The predicted octanol–water partition coefficient (Wildman–Crippen LogP) is 2.80. The lowest BCUT2D eigenvalue weighted by Gasteiger charge is -2.08. The van der Waals surface area contributed by atoms with Gasteiger partial charge in [-0.05, 0) is 30.3 Å². The maximum absolute atomic E-state index is 10.9. The molecule has 5 heteroatoms. The molecular weight excluding hydrogens is 254 g/mol. The Morgan fingerprint density at radius 3 is 2.90 bits per heavy atom. The molecule has 0 radical (unpaired) electrons. The first-order valence-electron chi connectivity index (χ1n) is 6.21. The molecule has 0 bridgehead atoms. The SMILES string of the molecule is O=C(O)c1cccc(NCn2cnc3ccccc32)c1. The third-order valence-corrected chi connectivity index (χ3v) is 3.09. The maximum Gasteiger partial charge on any atom is 0.335 e. The van der Waals surface area contributed by atoms with E-state index in [1.54, 1.807) is 24.5 Å².